The van der Waals surface area contributed by atoms with E-state index in [1.54, 1.807) is 19.6 Å². The Labute approximate surface area is 192 Å². The van der Waals surface area contributed by atoms with E-state index in [9.17, 15) is 4.79 Å². The number of hydrogen-bond donors (Lipinski definition) is 3. The molecule has 4 N–H and O–H groups in total. The Hall–Kier alpha value is -4.07. The van der Waals surface area contributed by atoms with Gasteiger partial charge >= 0.3 is 0 Å². The molecular weight excluding hydrogens is 416 g/mol. The number of methoxy groups -OCH3 is 1. The van der Waals surface area contributed by atoms with Crippen LogP contribution in [0.25, 0.3) is 10.9 Å². The zero-order chi connectivity index (χ0) is 23.4. The maximum atomic E-state index is 12.3. The van der Waals surface area contributed by atoms with Crippen LogP contribution in [0.4, 0.5) is 17.1 Å². The highest BCUT2D eigenvalue weighted by molar-refractivity contribution is 6.08. The van der Waals surface area contributed by atoms with Gasteiger partial charge in [-0.15, -0.1) is 0 Å². The molecule has 0 spiro atoms. The Morgan fingerprint density at radius 1 is 1.21 bits per heavy atom. The van der Waals surface area contributed by atoms with E-state index < -0.39 is 5.91 Å². The number of nitrogens with one attached hydrogen (secondary N) is 2. The van der Waals surface area contributed by atoms with Gasteiger partial charge in [-0.05, 0) is 36.6 Å². The lowest BCUT2D eigenvalue weighted by atomic mass is 10.0. The average Bonchev–Trinajstić information content (AvgIpc) is 3.32. The lowest BCUT2D eigenvalue weighted by Gasteiger charge is -2.19. The summed E-state index contributed by atoms with van der Waals surface area (Å²) in [5.74, 6) is 0.145. The molecule has 0 bridgehead atoms. The minimum Gasteiger partial charge on any atom is -0.495 e. The number of rotatable bonds is 9. The molecule has 4 rings (SSSR count). The lowest BCUT2D eigenvalue weighted by molar-refractivity contribution is 0.100. The van der Waals surface area contributed by atoms with E-state index in [-0.39, 0.29) is 0 Å². The number of nitrogens with zero attached hydrogens (tertiary/aromatic N) is 3. The number of primary amides is 1. The van der Waals surface area contributed by atoms with Crippen LogP contribution in [-0.2, 0) is 13.0 Å². The molecule has 1 amide bonds. The highest BCUT2D eigenvalue weighted by Gasteiger charge is 2.18. The Balaban J connectivity index is 1.86. The summed E-state index contributed by atoms with van der Waals surface area (Å²) in [5.41, 5.74) is 11.5. The van der Waals surface area contributed by atoms with Gasteiger partial charge in [-0.1, -0.05) is 19.1 Å². The minimum absolute atomic E-state index is 0.331. The fourth-order valence-electron chi connectivity index (χ4n) is 4.07. The summed E-state index contributed by atoms with van der Waals surface area (Å²) in [7, 11) is 1.62. The van der Waals surface area contributed by atoms with Gasteiger partial charge in [-0.25, -0.2) is 4.98 Å². The molecule has 2 aromatic carbocycles. The van der Waals surface area contributed by atoms with Crippen molar-refractivity contribution < 1.29 is 9.53 Å². The lowest BCUT2D eigenvalue weighted by Crippen LogP contribution is -2.15. The number of ether oxygens (including phenoxy) is 1. The number of nitrogens with two attached hydrogens (primary N) is 1. The molecular formula is C25H28N6O2. The highest BCUT2D eigenvalue weighted by atomic mass is 16.5. The zero-order valence-electron chi connectivity index (χ0n) is 19.1. The summed E-state index contributed by atoms with van der Waals surface area (Å²) in [6, 6.07) is 9.94. The van der Waals surface area contributed by atoms with E-state index in [0.717, 1.165) is 35.3 Å². The monoisotopic (exact) mass is 444 g/mol. The van der Waals surface area contributed by atoms with Crippen LogP contribution in [0, 0.1) is 0 Å². The maximum Gasteiger partial charge on any atom is 0.252 e. The van der Waals surface area contributed by atoms with Gasteiger partial charge in [0.05, 0.1) is 35.9 Å². The van der Waals surface area contributed by atoms with Gasteiger partial charge in [-0.2, -0.15) is 0 Å². The largest absolute Gasteiger partial charge is 0.495 e. The standard InChI is InChI=1S/C25H28N6O2/c1-4-17-16(14-31-10-9-27-15-31)7-6-8-20(17)30-24-18-11-22(28-5-2)23(33-3)12-21(18)29-13-19(24)25(26)32/h6-13,15,28H,4-5,14H2,1-3H3,(H2,26,32)(H,29,30). The minimum atomic E-state index is -0.541. The van der Waals surface area contributed by atoms with Crippen LogP contribution in [0.15, 0.2) is 55.2 Å². The zero-order valence-corrected chi connectivity index (χ0v) is 19.1. The van der Waals surface area contributed by atoms with Crippen molar-refractivity contribution in [3.63, 3.8) is 0 Å². The van der Waals surface area contributed by atoms with Crippen molar-refractivity contribution in [2.75, 3.05) is 24.3 Å². The number of fused-ring (bicyclic) bond motifs is 1. The Kier molecular flexibility index (Phi) is 6.44. The SMILES string of the molecule is CCNc1cc2c(Nc3cccc(Cn4ccnc4)c3CC)c(C(N)=O)cnc2cc1OC. The van der Waals surface area contributed by atoms with E-state index >= 15 is 0 Å². The van der Waals surface area contributed by atoms with Gasteiger partial charge < -0.3 is 25.7 Å². The number of benzene rings is 2. The number of amides is 1. The number of aromatic nitrogens is 3. The average molecular weight is 445 g/mol. The molecule has 0 aliphatic carbocycles. The van der Waals surface area contributed by atoms with Crippen LogP contribution in [0.5, 0.6) is 5.75 Å². The summed E-state index contributed by atoms with van der Waals surface area (Å²) in [6.07, 6.45) is 7.85. The van der Waals surface area contributed by atoms with Crippen LogP contribution < -0.4 is 21.1 Å². The Bertz CT molecular complexity index is 1280. The van der Waals surface area contributed by atoms with Crippen molar-refractivity contribution in [2.45, 2.75) is 26.8 Å². The van der Waals surface area contributed by atoms with Crippen LogP contribution in [-0.4, -0.2) is 34.1 Å². The summed E-state index contributed by atoms with van der Waals surface area (Å²) < 4.78 is 7.55. The molecule has 2 heterocycles. The summed E-state index contributed by atoms with van der Waals surface area (Å²) in [6.45, 7) is 5.57. The van der Waals surface area contributed by atoms with E-state index in [2.05, 4.69) is 33.6 Å². The quantitative estimate of drug-likeness (QED) is 0.355. The predicted molar refractivity (Wildman–Crippen MR) is 131 cm³/mol. The second-order valence-electron chi connectivity index (χ2n) is 7.67. The van der Waals surface area contributed by atoms with Crippen molar-refractivity contribution >= 4 is 33.9 Å². The fourth-order valence-corrected chi connectivity index (χ4v) is 4.07. The molecule has 4 aromatic rings. The third-order valence-corrected chi connectivity index (χ3v) is 5.62. The summed E-state index contributed by atoms with van der Waals surface area (Å²) in [4.78, 5) is 20.9. The number of carbonyl (C=O) groups is 1. The highest BCUT2D eigenvalue weighted by Crippen LogP contribution is 2.37. The van der Waals surface area contributed by atoms with Gasteiger partial charge in [0.1, 0.15) is 5.75 Å². The van der Waals surface area contributed by atoms with Crippen LogP contribution in [0.2, 0.25) is 0 Å². The molecule has 0 atom stereocenters. The van der Waals surface area contributed by atoms with Crippen LogP contribution >= 0.6 is 0 Å². The molecule has 0 saturated heterocycles. The van der Waals surface area contributed by atoms with Crippen molar-refractivity contribution in [3.8, 4) is 5.75 Å². The fraction of sp³-hybridized carbons (Fsp3) is 0.240. The number of carbonyl (C=O) groups excluding carboxylic acids is 1. The van der Waals surface area contributed by atoms with Gasteiger partial charge in [0.15, 0.2) is 0 Å². The van der Waals surface area contributed by atoms with Gasteiger partial charge in [-0.3, -0.25) is 9.78 Å². The molecule has 170 valence electrons. The van der Waals surface area contributed by atoms with Crippen molar-refractivity contribution in [1.82, 2.24) is 14.5 Å². The van der Waals surface area contributed by atoms with E-state index in [4.69, 9.17) is 10.5 Å². The molecule has 0 unspecified atom stereocenters. The summed E-state index contributed by atoms with van der Waals surface area (Å²) in [5, 5.41) is 7.60. The van der Waals surface area contributed by atoms with Crippen molar-refractivity contribution in [2.24, 2.45) is 5.73 Å². The van der Waals surface area contributed by atoms with Crippen molar-refractivity contribution in [1.29, 1.82) is 0 Å². The van der Waals surface area contributed by atoms with Gasteiger partial charge in [0.25, 0.3) is 5.91 Å². The smallest absolute Gasteiger partial charge is 0.252 e. The van der Waals surface area contributed by atoms with Gasteiger partial charge in [0.2, 0.25) is 0 Å². The number of anilines is 3. The van der Waals surface area contributed by atoms with Crippen LogP contribution in [0.1, 0.15) is 35.3 Å². The topological polar surface area (TPSA) is 107 Å². The second kappa shape index (κ2) is 9.60. The second-order valence-corrected chi connectivity index (χ2v) is 7.67. The number of pyridine rings is 1. The first-order chi connectivity index (χ1) is 16.0. The third kappa shape index (κ3) is 4.45. The molecule has 0 saturated carbocycles. The summed E-state index contributed by atoms with van der Waals surface area (Å²) >= 11 is 0. The molecule has 0 aliphatic rings. The number of imidazole rings is 1. The van der Waals surface area contributed by atoms with E-state index in [0.29, 0.717) is 29.1 Å². The molecule has 8 heteroatoms. The van der Waals surface area contributed by atoms with E-state index in [1.807, 2.05) is 42.0 Å². The van der Waals surface area contributed by atoms with E-state index in [1.165, 1.54) is 11.8 Å². The Morgan fingerprint density at radius 3 is 2.73 bits per heavy atom. The predicted octanol–water partition coefficient (Wildman–Crippen LogP) is 4.32. The Morgan fingerprint density at radius 2 is 2.06 bits per heavy atom. The molecule has 0 aliphatic heterocycles. The molecule has 33 heavy (non-hydrogen) atoms. The molecule has 0 radical (unpaired) electrons. The first kappa shape index (κ1) is 22.1. The molecule has 2 aromatic heterocycles. The first-order valence-electron chi connectivity index (χ1n) is 10.9. The van der Waals surface area contributed by atoms with Crippen molar-refractivity contribution in [3.05, 3.63) is 71.9 Å². The maximum absolute atomic E-state index is 12.3. The number of hydrogen-bond acceptors (Lipinski definition) is 6. The first-order valence-corrected chi connectivity index (χ1v) is 10.9. The van der Waals surface area contributed by atoms with Gasteiger partial charge in [0, 0.05) is 48.8 Å². The third-order valence-electron chi connectivity index (χ3n) is 5.62. The molecule has 0 fully saturated rings. The van der Waals surface area contributed by atoms with Crippen LogP contribution in [0.3, 0.4) is 0 Å². The normalized spacial score (nSPS) is 10.9. The molecule has 8 nitrogen and oxygen atoms in total.